The Labute approximate surface area is 152 Å². The van der Waals surface area contributed by atoms with Crippen LogP contribution in [0.4, 0.5) is 5.69 Å². The molecular weight excluding hydrogens is 328 g/mol. The van der Waals surface area contributed by atoms with Crippen LogP contribution in [0.3, 0.4) is 0 Å². The van der Waals surface area contributed by atoms with Gasteiger partial charge in [0.25, 0.3) is 5.56 Å². The maximum Gasteiger partial charge on any atom is 0.332 e. The summed E-state index contributed by atoms with van der Waals surface area (Å²) in [7, 11) is 3.14. The lowest BCUT2D eigenvalue weighted by molar-refractivity contribution is 0.707. The zero-order valence-electron chi connectivity index (χ0n) is 15.5. The quantitative estimate of drug-likeness (QED) is 0.691. The molecule has 0 saturated heterocycles. The van der Waals surface area contributed by atoms with E-state index in [1.165, 1.54) is 17.2 Å². The average molecular weight is 352 g/mol. The van der Waals surface area contributed by atoms with Crippen LogP contribution in [0.25, 0.3) is 11.0 Å². The van der Waals surface area contributed by atoms with E-state index in [1.807, 2.05) is 25.1 Å². The third kappa shape index (κ3) is 3.27. The number of fused-ring (bicyclic) bond motifs is 1. The summed E-state index contributed by atoms with van der Waals surface area (Å²) in [5, 5.41) is 3.90. The summed E-state index contributed by atoms with van der Waals surface area (Å²) in [5.74, 6) is 0. The van der Waals surface area contributed by atoms with Gasteiger partial charge in [-0.2, -0.15) is 0 Å². The summed E-state index contributed by atoms with van der Waals surface area (Å²) in [4.78, 5) is 29.2. The molecule has 136 valence electrons. The summed E-state index contributed by atoms with van der Waals surface area (Å²) < 4.78 is 2.56. The van der Waals surface area contributed by atoms with E-state index in [1.54, 1.807) is 13.2 Å². The van der Waals surface area contributed by atoms with Crippen LogP contribution in [-0.2, 0) is 26.9 Å². The zero-order chi connectivity index (χ0) is 18.7. The highest BCUT2D eigenvalue weighted by atomic mass is 16.2. The van der Waals surface area contributed by atoms with Crippen LogP contribution in [0.15, 0.2) is 46.1 Å². The van der Waals surface area contributed by atoms with E-state index in [-0.39, 0.29) is 11.2 Å². The van der Waals surface area contributed by atoms with Crippen molar-refractivity contribution >= 4 is 16.7 Å². The van der Waals surface area contributed by atoms with E-state index in [9.17, 15) is 9.59 Å². The van der Waals surface area contributed by atoms with Gasteiger partial charge in [-0.05, 0) is 30.4 Å². The summed E-state index contributed by atoms with van der Waals surface area (Å²) >= 11 is 0. The van der Waals surface area contributed by atoms with Crippen molar-refractivity contribution in [3.63, 3.8) is 0 Å². The van der Waals surface area contributed by atoms with Gasteiger partial charge in [-0.15, -0.1) is 0 Å². The molecular formula is C20H24N4O2. The maximum atomic E-state index is 12.7. The Kier molecular flexibility index (Phi) is 5.21. The molecule has 0 atom stereocenters. The number of pyridine rings is 1. The third-order valence-corrected chi connectivity index (χ3v) is 4.72. The van der Waals surface area contributed by atoms with Crippen LogP contribution in [-0.4, -0.2) is 20.7 Å². The first kappa shape index (κ1) is 17.9. The van der Waals surface area contributed by atoms with Crippen molar-refractivity contribution in [2.24, 2.45) is 14.1 Å². The number of benzene rings is 1. The first-order chi connectivity index (χ1) is 12.5. The van der Waals surface area contributed by atoms with Crippen molar-refractivity contribution < 1.29 is 0 Å². The predicted octanol–water partition coefficient (Wildman–Crippen LogP) is 2.24. The van der Waals surface area contributed by atoms with Gasteiger partial charge in [0.1, 0.15) is 5.39 Å². The molecule has 0 bridgehead atoms. The molecule has 26 heavy (non-hydrogen) atoms. The van der Waals surface area contributed by atoms with Crippen LogP contribution >= 0.6 is 0 Å². The van der Waals surface area contributed by atoms with Crippen molar-refractivity contribution in [2.75, 3.05) is 11.9 Å². The molecule has 0 spiro atoms. The number of anilines is 1. The van der Waals surface area contributed by atoms with Gasteiger partial charge in [-0.3, -0.25) is 13.9 Å². The number of hydrogen-bond acceptors (Lipinski definition) is 4. The standard InChI is InChI=1S/C20H24N4O2/c1-4-15-13-22-18-16(19(25)24(3)20(26)23(18)2)17(15)21-12-8-11-14-9-6-5-7-10-14/h5-7,9-10,13H,4,8,11-12H2,1-3H3,(H,21,22). The van der Waals surface area contributed by atoms with Gasteiger partial charge in [-0.1, -0.05) is 37.3 Å². The number of nitrogens with zero attached hydrogens (tertiary/aromatic N) is 3. The van der Waals surface area contributed by atoms with Crippen molar-refractivity contribution in [1.29, 1.82) is 0 Å². The van der Waals surface area contributed by atoms with Crippen LogP contribution < -0.4 is 16.6 Å². The fourth-order valence-corrected chi connectivity index (χ4v) is 3.19. The van der Waals surface area contributed by atoms with Gasteiger partial charge in [0.15, 0.2) is 5.65 Å². The monoisotopic (exact) mass is 352 g/mol. The van der Waals surface area contributed by atoms with Gasteiger partial charge >= 0.3 is 5.69 Å². The molecule has 0 aliphatic rings. The van der Waals surface area contributed by atoms with E-state index in [2.05, 4.69) is 22.4 Å². The zero-order valence-corrected chi connectivity index (χ0v) is 15.5. The van der Waals surface area contributed by atoms with Gasteiger partial charge in [-0.25, -0.2) is 9.78 Å². The van der Waals surface area contributed by atoms with Crippen LogP contribution in [0, 0.1) is 0 Å². The molecule has 0 saturated carbocycles. The van der Waals surface area contributed by atoms with Crippen LogP contribution in [0.1, 0.15) is 24.5 Å². The minimum atomic E-state index is -0.366. The van der Waals surface area contributed by atoms with Crippen molar-refractivity contribution in [3.05, 3.63) is 68.5 Å². The Hall–Kier alpha value is -2.89. The first-order valence-electron chi connectivity index (χ1n) is 8.90. The van der Waals surface area contributed by atoms with Gasteiger partial charge in [0.05, 0.1) is 5.69 Å². The maximum absolute atomic E-state index is 12.7. The lowest BCUT2D eigenvalue weighted by Gasteiger charge is -2.15. The second-order valence-corrected chi connectivity index (χ2v) is 6.43. The fourth-order valence-electron chi connectivity index (χ4n) is 3.19. The molecule has 3 aromatic rings. The summed E-state index contributed by atoms with van der Waals surface area (Å²) in [5.41, 5.74) is 2.81. The third-order valence-electron chi connectivity index (χ3n) is 4.72. The molecule has 1 N–H and O–H groups in total. The summed E-state index contributed by atoms with van der Waals surface area (Å²) in [6.45, 7) is 2.78. The van der Waals surface area contributed by atoms with Crippen molar-refractivity contribution in [1.82, 2.24) is 14.1 Å². The lowest BCUT2D eigenvalue weighted by Crippen LogP contribution is -2.37. The highest BCUT2D eigenvalue weighted by molar-refractivity contribution is 5.90. The van der Waals surface area contributed by atoms with E-state index in [0.29, 0.717) is 11.0 Å². The van der Waals surface area contributed by atoms with Crippen LogP contribution in [0.5, 0.6) is 0 Å². The first-order valence-corrected chi connectivity index (χ1v) is 8.90. The molecule has 0 radical (unpaired) electrons. The number of aromatic nitrogens is 3. The Balaban J connectivity index is 1.93. The Morgan fingerprint density at radius 1 is 1.08 bits per heavy atom. The highest BCUT2D eigenvalue weighted by Gasteiger charge is 2.16. The van der Waals surface area contributed by atoms with E-state index < -0.39 is 0 Å². The molecule has 0 unspecified atom stereocenters. The second kappa shape index (κ2) is 7.56. The largest absolute Gasteiger partial charge is 0.384 e. The summed E-state index contributed by atoms with van der Waals surface area (Å²) in [6.07, 6.45) is 4.43. The van der Waals surface area contributed by atoms with Gasteiger partial charge in [0, 0.05) is 26.8 Å². The molecule has 6 nitrogen and oxygen atoms in total. The van der Waals surface area contributed by atoms with Crippen LogP contribution in [0.2, 0.25) is 0 Å². The predicted molar refractivity (Wildman–Crippen MR) is 105 cm³/mol. The Bertz CT molecular complexity index is 1040. The number of nitrogens with one attached hydrogen (secondary N) is 1. The van der Waals surface area contributed by atoms with E-state index in [0.717, 1.165) is 41.6 Å². The molecule has 3 rings (SSSR count). The molecule has 6 heteroatoms. The van der Waals surface area contributed by atoms with Gasteiger partial charge in [0.2, 0.25) is 0 Å². The lowest BCUT2D eigenvalue weighted by atomic mass is 10.1. The minimum Gasteiger partial charge on any atom is -0.384 e. The molecule has 0 fully saturated rings. The summed E-state index contributed by atoms with van der Waals surface area (Å²) in [6, 6.07) is 10.3. The Morgan fingerprint density at radius 3 is 2.50 bits per heavy atom. The molecule has 0 amide bonds. The van der Waals surface area contributed by atoms with E-state index in [4.69, 9.17) is 0 Å². The normalized spacial score (nSPS) is 11.0. The second-order valence-electron chi connectivity index (χ2n) is 6.43. The number of rotatable bonds is 6. The Morgan fingerprint density at radius 2 is 1.81 bits per heavy atom. The molecule has 1 aromatic carbocycles. The average Bonchev–Trinajstić information content (AvgIpc) is 2.68. The van der Waals surface area contributed by atoms with Crippen molar-refractivity contribution in [2.45, 2.75) is 26.2 Å². The van der Waals surface area contributed by atoms with Crippen molar-refractivity contribution in [3.8, 4) is 0 Å². The molecule has 0 aliphatic heterocycles. The number of aryl methyl sites for hydroxylation is 3. The topological polar surface area (TPSA) is 68.9 Å². The van der Waals surface area contributed by atoms with E-state index >= 15 is 0 Å². The molecule has 0 aliphatic carbocycles. The fraction of sp³-hybridized carbons (Fsp3) is 0.350. The smallest absolute Gasteiger partial charge is 0.332 e. The molecule has 2 aromatic heterocycles. The SMILES string of the molecule is CCc1cnc2c(c1NCCCc1ccccc1)c(=O)n(C)c(=O)n2C. The molecule has 2 heterocycles. The van der Waals surface area contributed by atoms with Gasteiger partial charge < -0.3 is 5.32 Å². The number of hydrogen-bond donors (Lipinski definition) is 1. The highest BCUT2D eigenvalue weighted by Crippen LogP contribution is 2.23. The minimum absolute atomic E-state index is 0.309.